The molecule has 1 aromatic carbocycles. The van der Waals surface area contributed by atoms with E-state index in [0.29, 0.717) is 12.5 Å². The van der Waals surface area contributed by atoms with Gasteiger partial charge in [0.05, 0.1) is 6.54 Å². The summed E-state index contributed by atoms with van der Waals surface area (Å²) in [6, 6.07) is 14.2. The number of nitrogens with one attached hydrogen (secondary N) is 3. The van der Waals surface area contributed by atoms with E-state index in [4.69, 9.17) is 0 Å². The number of nitrogens with zero attached hydrogens (tertiary/aromatic N) is 2. The van der Waals surface area contributed by atoms with Crippen LogP contribution < -0.4 is 10.9 Å². The molecule has 34 heavy (non-hydrogen) atoms. The molecule has 2 heterocycles. The van der Waals surface area contributed by atoms with Gasteiger partial charge in [0.2, 0.25) is 11.5 Å². The fourth-order valence-electron chi connectivity index (χ4n) is 3.95. The molecule has 8 nitrogen and oxygen atoms in total. The van der Waals surface area contributed by atoms with Crippen molar-refractivity contribution in [2.45, 2.75) is 39.3 Å². The molecule has 0 radical (unpaired) electrons. The number of H-pyrrole nitrogens is 2. The lowest BCUT2D eigenvalue weighted by molar-refractivity contribution is -0.130. The summed E-state index contributed by atoms with van der Waals surface area (Å²) in [5.41, 5.74) is 2.44. The van der Waals surface area contributed by atoms with Crippen LogP contribution in [0.15, 0.2) is 65.7 Å². The maximum atomic E-state index is 12.6. The van der Waals surface area contributed by atoms with Crippen molar-refractivity contribution in [3.63, 3.8) is 0 Å². The molecule has 4 rings (SSSR count). The first kappa shape index (κ1) is 23.2. The van der Waals surface area contributed by atoms with Crippen molar-refractivity contribution in [2.24, 2.45) is 5.92 Å². The highest BCUT2D eigenvalue weighted by molar-refractivity contribution is 5.92. The Morgan fingerprint density at radius 1 is 1.15 bits per heavy atom. The molecule has 0 bridgehead atoms. The maximum absolute atomic E-state index is 12.6. The first-order valence-electron chi connectivity index (χ1n) is 11.5. The highest BCUT2D eigenvalue weighted by atomic mass is 16.2. The average Bonchev–Trinajstić information content (AvgIpc) is 3.19. The molecule has 2 aromatic heterocycles. The van der Waals surface area contributed by atoms with Crippen molar-refractivity contribution in [1.82, 2.24) is 25.2 Å². The minimum Gasteiger partial charge on any atom is -0.357 e. The lowest BCUT2D eigenvalue weighted by atomic mass is 9.85. The van der Waals surface area contributed by atoms with Crippen molar-refractivity contribution in [3.8, 4) is 0 Å². The molecule has 8 heteroatoms. The van der Waals surface area contributed by atoms with Crippen LogP contribution in [0.4, 0.5) is 0 Å². The molecular formula is C26H29N5O3. The second-order valence-corrected chi connectivity index (χ2v) is 8.66. The normalized spacial score (nSPS) is 13.1. The molecule has 1 fully saturated rings. The number of benzene rings is 1. The van der Waals surface area contributed by atoms with Crippen LogP contribution in [0.5, 0.6) is 0 Å². The second kappa shape index (κ2) is 10.8. The molecule has 176 valence electrons. The van der Waals surface area contributed by atoms with E-state index in [2.05, 4.69) is 26.3 Å². The highest BCUT2D eigenvalue weighted by Gasteiger charge is 2.22. The number of amides is 2. The molecule has 1 aliphatic rings. The van der Waals surface area contributed by atoms with Gasteiger partial charge in [0.15, 0.2) is 0 Å². The van der Waals surface area contributed by atoms with Crippen molar-refractivity contribution in [1.29, 1.82) is 0 Å². The smallest absolute Gasteiger partial charge is 0.270 e. The summed E-state index contributed by atoms with van der Waals surface area (Å²) >= 11 is 0. The Bertz CT molecular complexity index is 1290. The van der Waals surface area contributed by atoms with E-state index >= 15 is 0 Å². The van der Waals surface area contributed by atoms with Gasteiger partial charge in [-0.1, -0.05) is 24.6 Å². The fourth-order valence-corrected chi connectivity index (χ4v) is 3.95. The van der Waals surface area contributed by atoms with Gasteiger partial charge in [0, 0.05) is 49.7 Å². The lowest BCUT2D eigenvalue weighted by Gasteiger charge is -2.31. The summed E-state index contributed by atoms with van der Waals surface area (Å²) < 4.78 is 0. The second-order valence-electron chi connectivity index (χ2n) is 8.66. The number of aromatic nitrogens is 3. The number of carbonyl (C=O) groups excluding carboxylic acids is 2. The van der Waals surface area contributed by atoms with Crippen LogP contribution in [0.25, 0.3) is 10.9 Å². The van der Waals surface area contributed by atoms with Crippen LogP contribution in [0.2, 0.25) is 0 Å². The minimum absolute atomic E-state index is 0.0245. The van der Waals surface area contributed by atoms with E-state index in [-0.39, 0.29) is 18.1 Å². The van der Waals surface area contributed by atoms with Crippen LogP contribution in [-0.2, 0) is 17.9 Å². The fraction of sp³-hybridized carbons (Fsp3) is 0.308. The number of rotatable bonds is 7. The topological polar surface area (TPSA) is 111 Å². The Hall–Kier alpha value is -3.94. The summed E-state index contributed by atoms with van der Waals surface area (Å²) in [6.07, 6.45) is 6.62. The molecule has 3 aromatic rings. The van der Waals surface area contributed by atoms with Crippen LogP contribution in [0.3, 0.4) is 0 Å². The quantitative estimate of drug-likeness (QED) is 0.502. The van der Waals surface area contributed by atoms with Gasteiger partial charge in [-0.05, 0) is 54.0 Å². The summed E-state index contributed by atoms with van der Waals surface area (Å²) in [6.45, 7) is 3.28. The first-order valence-corrected chi connectivity index (χ1v) is 11.5. The molecular weight excluding hydrogens is 430 g/mol. The Balaban J connectivity index is 1.44. The molecule has 0 atom stereocenters. The SMILES string of the molecule is CC(=O)N(Cc1cc2ccc(CNC(=O)c3cc(=O)[nH]cccccn3)cc2[nH]1)CC1CCC1. The van der Waals surface area contributed by atoms with Crippen LogP contribution >= 0.6 is 0 Å². The number of carbonyl (C=O) groups is 2. The Labute approximate surface area is 197 Å². The molecule has 0 spiro atoms. The zero-order chi connectivity index (χ0) is 23.9. The number of aromatic amines is 2. The molecule has 0 unspecified atom stereocenters. The highest BCUT2D eigenvalue weighted by Crippen LogP contribution is 2.28. The van der Waals surface area contributed by atoms with Gasteiger partial charge in [-0.2, -0.15) is 0 Å². The zero-order valence-electron chi connectivity index (χ0n) is 19.2. The monoisotopic (exact) mass is 459 g/mol. The molecule has 0 saturated heterocycles. The molecule has 2 amide bonds. The van der Waals surface area contributed by atoms with Gasteiger partial charge in [0.1, 0.15) is 5.69 Å². The summed E-state index contributed by atoms with van der Waals surface area (Å²) in [4.78, 5) is 48.5. The Kier molecular flexibility index (Phi) is 7.37. The van der Waals surface area contributed by atoms with Gasteiger partial charge in [-0.25, -0.2) is 0 Å². The van der Waals surface area contributed by atoms with Crippen molar-refractivity contribution < 1.29 is 9.59 Å². The van der Waals surface area contributed by atoms with Crippen molar-refractivity contribution >= 4 is 22.7 Å². The average molecular weight is 460 g/mol. The third kappa shape index (κ3) is 6.10. The van der Waals surface area contributed by atoms with Gasteiger partial charge in [0.25, 0.3) is 5.91 Å². The zero-order valence-corrected chi connectivity index (χ0v) is 19.2. The van der Waals surface area contributed by atoms with E-state index < -0.39 is 11.5 Å². The van der Waals surface area contributed by atoms with Crippen LogP contribution in [-0.4, -0.2) is 38.2 Å². The van der Waals surface area contributed by atoms with Gasteiger partial charge >= 0.3 is 0 Å². The predicted octanol–water partition coefficient (Wildman–Crippen LogP) is 3.45. The lowest BCUT2D eigenvalue weighted by Crippen LogP contribution is -2.35. The summed E-state index contributed by atoms with van der Waals surface area (Å²) in [5, 5.41) is 3.87. The first-order chi connectivity index (χ1) is 16.5. The van der Waals surface area contributed by atoms with E-state index in [0.717, 1.165) is 28.7 Å². The number of hydrogen-bond donors (Lipinski definition) is 3. The van der Waals surface area contributed by atoms with Gasteiger partial charge in [-0.15, -0.1) is 0 Å². The Morgan fingerprint density at radius 2 is 2.00 bits per heavy atom. The number of hydrogen-bond acceptors (Lipinski definition) is 4. The molecule has 0 aliphatic heterocycles. The van der Waals surface area contributed by atoms with E-state index in [1.165, 1.54) is 37.7 Å². The Morgan fingerprint density at radius 3 is 2.76 bits per heavy atom. The molecule has 3 N–H and O–H groups in total. The summed E-state index contributed by atoms with van der Waals surface area (Å²) in [7, 11) is 0. The number of fused-ring (bicyclic) bond motifs is 1. The molecule has 1 saturated carbocycles. The van der Waals surface area contributed by atoms with E-state index in [1.54, 1.807) is 25.1 Å². The van der Waals surface area contributed by atoms with Gasteiger partial charge < -0.3 is 20.2 Å². The standard InChI is InChI=1S/C26H29N5O3/c1-18(32)31(16-19-6-5-7-19)17-22-13-21-9-8-20(12-23(21)30-22)15-29-26(34)24-14-25(33)28-11-4-2-3-10-27-24/h2-4,8-14,19,30H,5-7,15-17H2,1H3,(H,28,33)(H,29,34). The van der Waals surface area contributed by atoms with E-state index in [1.807, 2.05) is 23.1 Å². The summed E-state index contributed by atoms with van der Waals surface area (Å²) in [5.74, 6) is 0.268. The molecule has 1 aliphatic carbocycles. The largest absolute Gasteiger partial charge is 0.357 e. The van der Waals surface area contributed by atoms with Gasteiger partial charge in [-0.3, -0.25) is 19.4 Å². The van der Waals surface area contributed by atoms with E-state index in [9.17, 15) is 14.4 Å². The van der Waals surface area contributed by atoms with Crippen LogP contribution in [0, 0.1) is 5.92 Å². The maximum Gasteiger partial charge on any atom is 0.270 e. The van der Waals surface area contributed by atoms with Crippen molar-refractivity contribution in [2.75, 3.05) is 6.54 Å². The van der Waals surface area contributed by atoms with Crippen LogP contribution in [0.1, 0.15) is 47.9 Å². The third-order valence-electron chi connectivity index (χ3n) is 6.05. The third-order valence-corrected chi connectivity index (χ3v) is 6.05. The predicted molar refractivity (Wildman–Crippen MR) is 130 cm³/mol. The minimum atomic E-state index is -0.440. The van der Waals surface area contributed by atoms with Crippen molar-refractivity contribution in [3.05, 3.63) is 88.2 Å².